The number of carbonyl (C=O) groups excluding carboxylic acids is 1. The van der Waals surface area contributed by atoms with E-state index in [0.717, 1.165) is 24.4 Å². The molecule has 2 N–H and O–H groups in total. The molecule has 1 aliphatic rings. The summed E-state index contributed by atoms with van der Waals surface area (Å²) in [6.45, 7) is 4.91. The van der Waals surface area contributed by atoms with Crippen molar-refractivity contribution in [2.45, 2.75) is 13.0 Å². The highest BCUT2D eigenvalue weighted by Gasteiger charge is 2.25. The largest absolute Gasteiger partial charge is 0.508 e. The van der Waals surface area contributed by atoms with E-state index in [9.17, 15) is 9.90 Å². The number of hydrogen-bond donors (Lipinski definition) is 2. The van der Waals surface area contributed by atoms with E-state index in [1.165, 1.54) is 12.1 Å². The Hall–Kier alpha value is -2.70. The monoisotopic (exact) mass is 353 g/mol. The van der Waals surface area contributed by atoms with Gasteiger partial charge in [-0.2, -0.15) is 5.10 Å². The number of carbonyl (C=O) groups is 1. The molecule has 0 aliphatic carbocycles. The lowest BCUT2D eigenvalue weighted by Gasteiger charge is -2.34. The van der Waals surface area contributed by atoms with Gasteiger partial charge in [-0.1, -0.05) is 36.4 Å². The Bertz CT molecular complexity index is 771. The zero-order valence-electron chi connectivity index (χ0n) is 14.8. The number of ether oxygens (including phenoxy) is 1. The van der Waals surface area contributed by atoms with Crippen molar-refractivity contribution in [2.24, 2.45) is 5.10 Å². The Morgan fingerprint density at radius 1 is 1.15 bits per heavy atom. The van der Waals surface area contributed by atoms with E-state index >= 15 is 0 Å². The fourth-order valence-electron chi connectivity index (χ4n) is 3.10. The van der Waals surface area contributed by atoms with Crippen LogP contribution in [0.3, 0.4) is 0 Å². The van der Waals surface area contributed by atoms with E-state index in [-0.39, 0.29) is 17.7 Å². The Morgan fingerprint density at radius 2 is 1.88 bits per heavy atom. The zero-order chi connectivity index (χ0) is 18.4. The van der Waals surface area contributed by atoms with Crippen LogP contribution in [0.15, 0.2) is 59.7 Å². The van der Waals surface area contributed by atoms with Gasteiger partial charge in [-0.05, 0) is 30.7 Å². The first-order valence-electron chi connectivity index (χ1n) is 8.65. The average Bonchev–Trinajstić information content (AvgIpc) is 2.68. The molecule has 0 unspecified atom stereocenters. The van der Waals surface area contributed by atoms with Crippen LogP contribution >= 0.6 is 0 Å². The van der Waals surface area contributed by atoms with Crippen LogP contribution in [0.2, 0.25) is 0 Å². The quantitative estimate of drug-likeness (QED) is 0.640. The van der Waals surface area contributed by atoms with E-state index in [0.29, 0.717) is 18.8 Å². The van der Waals surface area contributed by atoms with Crippen molar-refractivity contribution < 1.29 is 14.6 Å². The van der Waals surface area contributed by atoms with Crippen LogP contribution in [0.5, 0.6) is 5.75 Å². The molecule has 2 aromatic rings. The van der Waals surface area contributed by atoms with Crippen molar-refractivity contribution in [1.82, 2.24) is 10.3 Å². The molecule has 2 aromatic carbocycles. The molecule has 0 bridgehead atoms. The van der Waals surface area contributed by atoms with Crippen molar-refractivity contribution in [3.63, 3.8) is 0 Å². The van der Waals surface area contributed by atoms with E-state index in [1.807, 2.05) is 25.1 Å². The van der Waals surface area contributed by atoms with Crippen LogP contribution in [0.25, 0.3) is 0 Å². The number of morpholine rings is 1. The van der Waals surface area contributed by atoms with E-state index in [1.54, 1.807) is 12.1 Å². The zero-order valence-corrected chi connectivity index (χ0v) is 14.8. The molecule has 6 heteroatoms. The second-order valence-corrected chi connectivity index (χ2v) is 6.21. The maximum Gasteiger partial charge on any atom is 0.271 e. The molecule has 136 valence electrons. The normalized spacial score (nSPS) is 16.9. The van der Waals surface area contributed by atoms with Gasteiger partial charge >= 0.3 is 0 Å². The molecule has 1 atom stereocenters. The third-order valence-corrected chi connectivity index (χ3v) is 4.36. The Kier molecular flexibility index (Phi) is 5.99. The minimum absolute atomic E-state index is 0.0235. The Balaban J connectivity index is 1.79. The molecule has 0 spiro atoms. The Labute approximate surface area is 153 Å². The fourth-order valence-corrected chi connectivity index (χ4v) is 3.10. The number of rotatable bonds is 5. The lowest BCUT2D eigenvalue weighted by atomic mass is 10.0. The molecule has 1 amide bonds. The molecule has 26 heavy (non-hydrogen) atoms. The molecule has 1 saturated heterocycles. The van der Waals surface area contributed by atoms with E-state index in [2.05, 4.69) is 27.6 Å². The van der Waals surface area contributed by atoms with Gasteiger partial charge in [0.2, 0.25) is 0 Å². The summed E-state index contributed by atoms with van der Waals surface area (Å²) in [5, 5.41) is 13.8. The molecule has 1 aliphatic heterocycles. The number of amides is 1. The average molecular weight is 353 g/mol. The van der Waals surface area contributed by atoms with Gasteiger partial charge in [-0.25, -0.2) is 5.43 Å². The number of aromatic hydroxyl groups is 1. The van der Waals surface area contributed by atoms with Gasteiger partial charge in [-0.15, -0.1) is 0 Å². The number of nitrogens with zero attached hydrogens (tertiary/aromatic N) is 2. The van der Waals surface area contributed by atoms with E-state index in [4.69, 9.17) is 4.74 Å². The lowest BCUT2D eigenvalue weighted by molar-refractivity contribution is 0.0285. The van der Waals surface area contributed by atoms with Crippen molar-refractivity contribution >= 4 is 11.6 Å². The van der Waals surface area contributed by atoms with Gasteiger partial charge in [0.05, 0.1) is 25.0 Å². The highest BCUT2D eigenvalue weighted by atomic mass is 16.5. The maximum atomic E-state index is 12.3. The molecule has 1 fully saturated rings. The van der Waals surface area contributed by atoms with Crippen molar-refractivity contribution in [2.75, 3.05) is 26.3 Å². The lowest BCUT2D eigenvalue weighted by Crippen LogP contribution is -2.42. The van der Waals surface area contributed by atoms with Crippen LogP contribution in [0, 0.1) is 0 Å². The van der Waals surface area contributed by atoms with Gasteiger partial charge in [0.15, 0.2) is 0 Å². The Morgan fingerprint density at radius 3 is 2.58 bits per heavy atom. The van der Waals surface area contributed by atoms with Crippen molar-refractivity contribution in [1.29, 1.82) is 0 Å². The summed E-state index contributed by atoms with van der Waals surface area (Å²) in [5.41, 5.74) is 4.89. The molecule has 0 radical (unpaired) electrons. The molecule has 0 saturated carbocycles. The smallest absolute Gasteiger partial charge is 0.271 e. The number of nitrogens with one attached hydrogen (secondary N) is 1. The first-order chi connectivity index (χ1) is 12.6. The van der Waals surface area contributed by atoms with Crippen molar-refractivity contribution in [3.05, 3.63) is 65.7 Å². The third-order valence-electron chi connectivity index (χ3n) is 4.36. The highest BCUT2D eigenvalue weighted by molar-refractivity contribution is 5.96. The summed E-state index contributed by atoms with van der Waals surface area (Å²) in [6.07, 6.45) is 0. The SMILES string of the molecule is C/C(=N/NC(=O)c1cccc(O)c1)[C@H](c1ccccc1)N1CCOCC1. The van der Waals surface area contributed by atoms with E-state index < -0.39 is 0 Å². The molecular formula is C20H23N3O3. The third kappa shape index (κ3) is 4.47. The maximum absolute atomic E-state index is 12.3. The second kappa shape index (κ2) is 8.60. The number of benzene rings is 2. The summed E-state index contributed by atoms with van der Waals surface area (Å²) in [6, 6.07) is 16.3. The highest BCUT2D eigenvalue weighted by Crippen LogP contribution is 2.23. The van der Waals surface area contributed by atoms with Crippen LogP contribution in [0.1, 0.15) is 28.9 Å². The second-order valence-electron chi connectivity index (χ2n) is 6.21. The number of phenolic OH excluding ortho intramolecular Hbond substituents is 1. The standard InChI is InChI=1S/C20H23N3O3/c1-15(21-22-20(25)17-8-5-9-18(24)14-17)19(16-6-3-2-4-7-16)23-10-12-26-13-11-23/h2-9,14,19,24H,10-13H2,1H3,(H,22,25)/b21-15-/t19-/m1/s1. The summed E-state index contributed by atoms with van der Waals surface area (Å²) in [4.78, 5) is 14.6. The topological polar surface area (TPSA) is 74.2 Å². The van der Waals surface area contributed by atoms with Crippen LogP contribution in [-0.2, 0) is 4.74 Å². The molecular weight excluding hydrogens is 330 g/mol. The fraction of sp³-hybridized carbons (Fsp3) is 0.300. The number of phenols is 1. The summed E-state index contributed by atoms with van der Waals surface area (Å²) >= 11 is 0. The predicted molar refractivity (Wildman–Crippen MR) is 100 cm³/mol. The summed E-state index contributed by atoms with van der Waals surface area (Å²) in [5.74, 6) is -0.303. The van der Waals surface area contributed by atoms with Crippen molar-refractivity contribution in [3.8, 4) is 5.75 Å². The minimum atomic E-state index is -0.353. The first-order valence-corrected chi connectivity index (χ1v) is 8.65. The number of hydrazone groups is 1. The predicted octanol–water partition coefficient (Wildman–Crippen LogP) is 2.57. The summed E-state index contributed by atoms with van der Waals surface area (Å²) < 4.78 is 5.46. The summed E-state index contributed by atoms with van der Waals surface area (Å²) in [7, 11) is 0. The van der Waals surface area contributed by atoms with Crippen LogP contribution in [0.4, 0.5) is 0 Å². The van der Waals surface area contributed by atoms with Crippen LogP contribution < -0.4 is 5.43 Å². The molecule has 3 rings (SSSR count). The first kappa shape index (κ1) is 18.1. The molecule has 6 nitrogen and oxygen atoms in total. The van der Waals surface area contributed by atoms with Gasteiger partial charge in [0, 0.05) is 18.7 Å². The molecule has 1 heterocycles. The molecule has 0 aromatic heterocycles. The number of hydrogen-bond acceptors (Lipinski definition) is 5. The van der Waals surface area contributed by atoms with Gasteiger partial charge in [-0.3, -0.25) is 9.69 Å². The van der Waals surface area contributed by atoms with Gasteiger partial charge in [0.1, 0.15) is 5.75 Å². The minimum Gasteiger partial charge on any atom is -0.508 e. The van der Waals surface area contributed by atoms with Gasteiger partial charge in [0.25, 0.3) is 5.91 Å². The van der Waals surface area contributed by atoms with Crippen LogP contribution in [-0.4, -0.2) is 47.9 Å². The van der Waals surface area contributed by atoms with Gasteiger partial charge < -0.3 is 9.84 Å².